The Morgan fingerprint density at radius 2 is 2.00 bits per heavy atom. The molecule has 23 heavy (non-hydrogen) atoms. The molecule has 2 aromatic rings. The molecule has 0 saturated carbocycles. The van der Waals surface area contributed by atoms with Gasteiger partial charge in [-0.15, -0.1) is 0 Å². The summed E-state index contributed by atoms with van der Waals surface area (Å²) < 4.78 is 10.4. The molecule has 0 atom stereocenters. The quantitative estimate of drug-likeness (QED) is 0.757. The highest BCUT2D eigenvalue weighted by Gasteiger charge is 2.14. The molecule has 0 unspecified atom stereocenters. The van der Waals surface area contributed by atoms with E-state index in [0.717, 1.165) is 17.0 Å². The van der Waals surface area contributed by atoms with E-state index in [4.69, 9.17) is 32.5 Å². The summed E-state index contributed by atoms with van der Waals surface area (Å²) in [5.41, 5.74) is 1.50. The van der Waals surface area contributed by atoms with E-state index >= 15 is 0 Å². The van der Waals surface area contributed by atoms with Crippen molar-refractivity contribution in [3.05, 3.63) is 45.8 Å². The van der Waals surface area contributed by atoms with Gasteiger partial charge in [0, 0.05) is 24.1 Å². The van der Waals surface area contributed by atoms with E-state index in [1.807, 2.05) is 0 Å². The summed E-state index contributed by atoms with van der Waals surface area (Å²) in [6.07, 6.45) is 0.856. The first-order chi connectivity index (χ1) is 11.0. The zero-order chi connectivity index (χ0) is 16.8. The molecule has 0 N–H and O–H groups in total. The van der Waals surface area contributed by atoms with Gasteiger partial charge in [0.1, 0.15) is 12.4 Å². The highest BCUT2D eigenvalue weighted by atomic mass is 35.5. The largest absolute Gasteiger partial charge is 0.492 e. The fraction of sp³-hybridized carbons (Fsp3) is 0.375. The number of likely N-dealkylation sites (N-methyl/N-ethyl adjacent to an activating group) is 1. The van der Waals surface area contributed by atoms with Gasteiger partial charge in [0.2, 0.25) is 11.1 Å². The minimum absolute atomic E-state index is 0.0152. The molecule has 1 aromatic heterocycles. The zero-order valence-corrected chi connectivity index (χ0v) is 14.5. The topological polar surface area (TPSA) is 55.6 Å². The molecular formula is C16H18Cl2N2O3. The van der Waals surface area contributed by atoms with Gasteiger partial charge in [-0.2, -0.15) is 0 Å². The number of hydrogen-bond acceptors (Lipinski definition) is 4. The van der Waals surface area contributed by atoms with Crippen LogP contribution in [0.25, 0.3) is 0 Å². The maximum Gasteiger partial charge on any atom is 0.229 e. The highest BCUT2D eigenvalue weighted by Crippen LogP contribution is 2.20. The molecule has 0 fully saturated rings. The van der Waals surface area contributed by atoms with Crippen LogP contribution in [0.3, 0.4) is 0 Å². The molecule has 0 aliphatic carbocycles. The van der Waals surface area contributed by atoms with E-state index in [2.05, 4.69) is 5.16 Å². The number of ether oxygens (including phenoxy) is 1. The number of amides is 1. The molecule has 0 radical (unpaired) electrons. The Hall–Kier alpha value is -1.72. The monoisotopic (exact) mass is 356 g/mol. The molecule has 124 valence electrons. The lowest BCUT2D eigenvalue weighted by Gasteiger charge is -2.17. The van der Waals surface area contributed by atoms with Crippen molar-refractivity contribution >= 4 is 29.1 Å². The number of hydrogen-bond donors (Lipinski definition) is 0. The van der Waals surface area contributed by atoms with Gasteiger partial charge in [0.05, 0.1) is 12.2 Å². The average Bonchev–Trinajstić information content (AvgIpc) is 2.85. The lowest BCUT2D eigenvalue weighted by molar-refractivity contribution is -0.130. The minimum Gasteiger partial charge on any atom is -0.492 e. The summed E-state index contributed by atoms with van der Waals surface area (Å²) >= 11 is 11.7. The molecule has 0 saturated heterocycles. The summed E-state index contributed by atoms with van der Waals surface area (Å²) in [7, 11) is 1.75. The van der Waals surface area contributed by atoms with Crippen molar-refractivity contribution < 1.29 is 14.1 Å². The van der Waals surface area contributed by atoms with E-state index in [1.165, 1.54) is 0 Å². The number of carbonyl (C=O) groups excluding carboxylic acids is 1. The number of carbonyl (C=O) groups is 1. The third kappa shape index (κ3) is 5.15. The molecule has 0 aliphatic rings. The normalized spacial score (nSPS) is 10.6. The van der Waals surface area contributed by atoms with E-state index in [9.17, 15) is 4.79 Å². The minimum atomic E-state index is 0.0152. The fourth-order valence-electron chi connectivity index (χ4n) is 2.02. The number of aromatic nitrogens is 1. The van der Waals surface area contributed by atoms with Crippen LogP contribution >= 0.6 is 23.2 Å². The van der Waals surface area contributed by atoms with E-state index < -0.39 is 0 Å². The third-order valence-corrected chi connectivity index (χ3v) is 4.01. The second-order valence-electron chi connectivity index (χ2n) is 5.14. The molecule has 0 bridgehead atoms. The van der Waals surface area contributed by atoms with Crippen molar-refractivity contribution in [3.8, 4) is 5.75 Å². The molecule has 0 aliphatic heterocycles. The zero-order valence-electron chi connectivity index (χ0n) is 13.0. The second kappa shape index (κ2) is 8.22. The maximum atomic E-state index is 12.1. The molecule has 7 heteroatoms. The maximum absolute atomic E-state index is 12.1. The van der Waals surface area contributed by atoms with Crippen molar-refractivity contribution in [2.45, 2.75) is 19.8 Å². The third-order valence-electron chi connectivity index (χ3n) is 3.46. The Bertz CT molecular complexity index is 636. The van der Waals surface area contributed by atoms with Gasteiger partial charge in [0.25, 0.3) is 0 Å². The molecule has 2 rings (SSSR count). The average molecular weight is 357 g/mol. The van der Waals surface area contributed by atoms with Crippen molar-refractivity contribution in [1.82, 2.24) is 10.1 Å². The van der Waals surface area contributed by atoms with Crippen LogP contribution in [0, 0.1) is 6.92 Å². The Kier molecular flexibility index (Phi) is 6.30. The van der Waals surface area contributed by atoms with E-state index in [-0.39, 0.29) is 11.1 Å². The van der Waals surface area contributed by atoms with Gasteiger partial charge in [-0.1, -0.05) is 16.8 Å². The summed E-state index contributed by atoms with van der Waals surface area (Å²) in [5, 5.41) is 4.68. The molecule has 1 aromatic carbocycles. The van der Waals surface area contributed by atoms with Crippen molar-refractivity contribution in [2.75, 3.05) is 20.2 Å². The summed E-state index contributed by atoms with van der Waals surface area (Å²) in [6, 6.07) is 7.11. The van der Waals surface area contributed by atoms with Gasteiger partial charge < -0.3 is 14.2 Å². The van der Waals surface area contributed by atoms with Crippen molar-refractivity contribution in [1.29, 1.82) is 0 Å². The molecule has 0 spiro atoms. The summed E-state index contributed by atoms with van der Waals surface area (Å²) in [5.74, 6) is 0.739. The van der Waals surface area contributed by atoms with Crippen molar-refractivity contribution in [3.63, 3.8) is 0 Å². The van der Waals surface area contributed by atoms with Crippen molar-refractivity contribution in [2.24, 2.45) is 0 Å². The van der Waals surface area contributed by atoms with Crippen LogP contribution in [-0.4, -0.2) is 36.2 Å². The number of benzene rings is 1. The first-order valence-electron chi connectivity index (χ1n) is 7.20. The lowest BCUT2D eigenvalue weighted by atomic mass is 10.1. The van der Waals surface area contributed by atoms with Crippen LogP contribution in [0.2, 0.25) is 10.2 Å². The van der Waals surface area contributed by atoms with Crippen LogP contribution < -0.4 is 4.74 Å². The second-order valence-corrected chi connectivity index (χ2v) is 5.92. The highest BCUT2D eigenvalue weighted by molar-refractivity contribution is 6.30. The summed E-state index contributed by atoms with van der Waals surface area (Å²) in [6.45, 7) is 2.72. The molecular weight excluding hydrogens is 339 g/mol. The summed E-state index contributed by atoms with van der Waals surface area (Å²) in [4.78, 5) is 13.7. The van der Waals surface area contributed by atoms with Crippen LogP contribution in [0.15, 0.2) is 28.8 Å². The van der Waals surface area contributed by atoms with Gasteiger partial charge in [-0.05, 0) is 49.2 Å². The van der Waals surface area contributed by atoms with E-state index in [0.29, 0.717) is 31.0 Å². The fourth-order valence-corrected chi connectivity index (χ4v) is 2.41. The predicted molar refractivity (Wildman–Crippen MR) is 89.2 cm³/mol. The Balaban J connectivity index is 1.73. The number of nitrogens with zero attached hydrogens (tertiary/aromatic N) is 2. The van der Waals surface area contributed by atoms with Gasteiger partial charge in [0.15, 0.2) is 0 Å². The van der Waals surface area contributed by atoms with Gasteiger partial charge in [-0.3, -0.25) is 4.79 Å². The molecule has 5 nitrogen and oxygen atoms in total. The lowest BCUT2D eigenvalue weighted by Crippen LogP contribution is -2.31. The first kappa shape index (κ1) is 17.6. The predicted octanol–water partition coefficient (Wildman–Crippen LogP) is 3.76. The first-order valence-corrected chi connectivity index (χ1v) is 7.96. The van der Waals surface area contributed by atoms with Gasteiger partial charge in [-0.25, -0.2) is 0 Å². The Morgan fingerprint density at radius 3 is 2.61 bits per heavy atom. The molecule has 1 heterocycles. The smallest absolute Gasteiger partial charge is 0.229 e. The van der Waals surface area contributed by atoms with Crippen LogP contribution in [-0.2, 0) is 11.2 Å². The van der Waals surface area contributed by atoms with E-state index in [1.54, 1.807) is 43.1 Å². The van der Waals surface area contributed by atoms with Gasteiger partial charge >= 0.3 is 0 Å². The Morgan fingerprint density at radius 1 is 1.30 bits per heavy atom. The van der Waals surface area contributed by atoms with Crippen LogP contribution in [0.4, 0.5) is 0 Å². The SMILES string of the molecule is Cc1noc(Cl)c1CCC(=O)N(C)CCOc1ccc(Cl)cc1. The number of rotatable bonds is 7. The Labute approximate surface area is 145 Å². The number of halogens is 2. The molecule has 1 amide bonds. The number of aryl methyl sites for hydroxylation is 1. The standard InChI is InChI=1S/C16H18Cl2N2O3/c1-11-14(16(18)23-19-11)7-8-15(21)20(2)9-10-22-13-5-3-12(17)4-6-13/h3-6H,7-10H2,1-2H3. The van der Waals surface area contributed by atoms with Crippen LogP contribution in [0.5, 0.6) is 5.75 Å². The van der Waals surface area contributed by atoms with Crippen LogP contribution in [0.1, 0.15) is 17.7 Å².